The van der Waals surface area contributed by atoms with Gasteiger partial charge in [-0.3, -0.25) is 4.79 Å². The summed E-state index contributed by atoms with van der Waals surface area (Å²) >= 11 is 0.959. The van der Waals surface area contributed by atoms with E-state index in [1.54, 1.807) is 4.90 Å². The molecule has 184 valence electrons. The smallest absolute Gasteiger partial charge is 0.321 e. The Kier molecular flexibility index (Phi) is 7.15. The third-order valence-electron chi connectivity index (χ3n) is 5.79. The van der Waals surface area contributed by atoms with Crippen LogP contribution in [0, 0.1) is 11.6 Å². The summed E-state index contributed by atoms with van der Waals surface area (Å²) in [6, 6.07) is 10.7. The summed E-state index contributed by atoms with van der Waals surface area (Å²) in [5.41, 5.74) is 7.00. The average Bonchev–Trinajstić information content (AvgIpc) is 3.19. The second-order valence-electron chi connectivity index (χ2n) is 8.44. The quantitative estimate of drug-likeness (QED) is 0.433. The molecule has 0 bridgehead atoms. The van der Waals surface area contributed by atoms with Crippen LogP contribution in [0.3, 0.4) is 0 Å². The number of nitrogens with zero attached hydrogens (tertiary/aromatic N) is 3. The van der Waals surface area contributed by atoms with Gasteiger partial charge in [-0.05, 0) is 49.2 Å². The molecule has 1 saturated heterocycles. The number of aromatic nitrogens is 1. The summed E-state index contributed by atoms with van der Waals surface area (Å²) in [5.74, 6) is -2.82. The zero-order valence-corrected chi connectivity index (χ0v) is 20.2. The van der Waals surface area contributed by atoms with Crippen LogP contribution in [0.4, 0.5) is 35.9 Å². The maximum absolute atomic E-state index is 14.0. The van der Waals surface area contributed by atoms with Crippen molar-refractivity contribution in [2.24, 2.45) is 0 Å². The van der Waals surface area contributed by atoms with Gasteiger partial charge in [0.2, 0.25) is 5.78 Å². The first-order valence-corrected chi connectivity index (χ1v) is 11.9. The van der Waals surface area contributed by atoms with E-state index >= 15 is 0 Å². The van der Waals surface area contributed by atoms with E-state index in [-0.39, 0.29) is 22.8 Å². The normalized spacial score (nSPS) is 14.0. The molecule has 2 amide bonds. The predicted octanol–water partition coefficient (Wildman–Crippen LogP) is 4.41. The average molecular weight is 501 g/mol. The minimum atomic E-state index is -0.948. The van der Waals surface area contributed by atoms with Gasteiger partial charge < -0.3 is 26.2 Å². The topological polar surface area (TPSA) is 104 Å². The number of thiazole rings is 1. The highest BCUT2D eigenvalue weighted by Gasteiger charge is 2.27. The monoisotopic (exact) mass is 500 g/mol. The Balaban J connectivity index is 1.33. The van der Waals surface area contributed by atoms with Gasteiger partial charge in [0.25, 0.3) is 0 Å². The number of carbonyl (C=O) groups is 2. The number of piperidine rings is 1. The van der Waals surface area contributed by atoms with Crippen molar-refractivity contribution in [2.75, 3.05) is 48.5 Å². The highest BCUT2D eigenvalue weighted by Crippen LogP contribution is 2.30. The number of anilines is 4. The standard InChI is InChI=1S/C24H26F2N6O2S/c1-31(2)16-8-6-14(7-9-16)29-24(34)32-12-10-15(11-13-32)28-23-30-22(27)21(35-23)20(33)19-17(25)4-3-5-18(19)26/h3-9,15H,10-13,27H2,1-2H3,(H,28,30)(H,29,34). The van der Waals surface area contributed by atoms with Crippen molar-refractivity contribution in [3.05, 3.63) is 64.5 Å². The van der Waals surface area contributed by atoms with Crippen molar-refractivity contribution in [1.82, 2.24) is 9.88 Å². The number of rotatable bonds is 6. The molecule has 8 nitrogen and oxygen atoms in total. The molecule has 1 aliphatic rings. The Hall–Kier alpha value is -3.73. The van der Waals surface area contributed by atoms with Crippen LogP contribution in [0.1, 0.15) is 28.1 Å². The number of urea groups is 1. The van der Waals surface area contributed by atoms with Gasteiger partial charge >= 0.3 is 6.03 Å². The molecule has 4 N–H and O–H groups in total. The van der Waals surface area contributed by atoms with Gasteiger partial charge in [-0.25, -0.2) is 18.6 Å². The van der Waals surface area contributed by atoms with Crippen molar-refractivity contribution >= 4 is 45.5 Å². The first kappa shape index (κ1) is 24.4. The lowest BCUT2D eigenvalue weighted by molar-refractivity contribution is 0.103. The molecule has 2 heterocycles. The maximum Gasteiger partial charge on any atom is 0.321 e. The van der Waals surface area contributed by atoms with E-state index in [1.165, 1.54) is 6.07 Å². The summed E-state index contributed by atoms with van der Waals surface area (Å²) in [6.45, 7) is 1.07. The molecule has 1 fully saturated rings. The molecule has 0 saturated carbocycles. The molecule has 0 radical (unpaired) electrons. The molecule has 0 atom stereocenters. The molecule has 11 heteroatoms. The zero-order chi connectivity index (χ0) is 25.1. The van der Waals surface area contributed by atoms with Gasteiger partial charge in [-0.1, -0.05) is 17.4 Å². The van der Waals surface area contributed by atoms with Gasteiger partial charge in [0.05, 0.1) is 5.56 Å². The maximum atomic E-state index is 14.0. The van der Waals surface area contributed by atoms with Gasteiger partial charge in [0.1, 0.15) is 22.3 Å². The van der Waals surface area contributed by atoms with E-state index in [1.807, 2.05) is 43.3 Å². The number of ketones is 1. The number of hydrogen-bond acceptors (Lipinski definition) is 7. The summed E-state index contributed by atoms with van der Waals surface area (Å²) in [5, 5.41) is 6.54. The van der Waals surface area contributed by atoms with Gasteiger partial charge in [0.15, 0.2) is 5.13 Å². The van der Waals surface area contributed by atoms with E-state index < -0.39 is 23.0 Å². The number of amides is 2. The second-order valence-corrected chi connectivity index (χ2v) is 9.44. The van der Waals surface area contributed by atoms with Crippen LogP contribution in [0.2, 0.25) is 0 Å². The summed E-state index contributed by atoms with van der Waals surface area (Å²) in [4.78, 5) is 33.2. The molecule has 1 aromatic heterocycles. The first-order valence-electron chi connectivity index (χ1n) is 11.1. The number of nitrogen functional groups attached to an aromatic ring is 1. The van der Waals surface area contributed by atoms with E-state index in [2.05, 4.69) is 15.6 Å². The highest BCUT2D eigenvalue weighted by atomic mass is 32.1. The predicted molar refractivity (Wildman–Crippen MR) is 134 cm³/mol. The third kappa shape index (κ3) is 5.51. The second kappa shape index (κ2) is 10.3. The molecule has 2 aromatic carbocycles. The summed E-state index contributed by atoms with van der Waals surface area (Å²) in [6.07, 6.45) is 1.33. The van der Waals surface area contributed by atoms with Crippen LogP contribution in [0.15, 0.2) is 42.5 Å². The number of benzene rings is 2. The number of halogens is 2. The molecule has 4 rings (SSSR count). The molecular formula is C24H26F2N6O2S. The van der Waals surface area contributed by atoms with E-state index in [9.17, 15) is 18.4 Å². The van der Waals surface area contributed by atoms with Crippen LogP contribution >= 0.6 is 11.3 Å². The van der Waals surface area contributed by atoms with E-state index in [0.717, 1.165) is 34.8 Å². The fourth-order valence-electron chi connectivity index (χ4n) is 3.83. The Labute approximate surface area is 205 Å². The molecule has 35 heavy (non-hydrogen) atoms. The molecular weight excluding hydrogens is 474 g/mol. The number of nitrogens with two attached hydrogens (primary N) is 1. The van der Waals surface area contributed by atoms with Crippen LogP contribution in [0.5, 0.6) is 0 Å². The minimum Gasteiger partial charge on any atom is -0.382 e. The zero-order valence-electron chi connectivity index (χ0n) is 19.3. The van der Waals surface area contributed by atoms with Crippen molar-refractivity contribution in [3.8, 4) is 0 Å². The van der Waals surface area contributed by atoms with Crippen LogP contribution in [-0.4, -0.2) is 54.9 Å². The molecule has 1 aliphatic heterocycles. The lowest BCUT2D eigenvalue weighted by Gasteiger charge is -2.32. The Morgan fingerprint density at radius 1 is 1.09 bits per heavy atom. The Morgan fingerprint density at radius 2 is 1.71 bits per heavy atom. The van der Waals surface area contributed by atoms with Gasteiger partial charge in [-0.2, -0.15) is 0 Å². The van der Waals surface area contributed by atoms with Crippen molar-refractivity contribution < 1.29 is 18.4 Å². The molecule has 0 aliphatic carbocycles. The summed E-state index contributed by atoms with van der Waals surface area (Å²) in [7, 11) is 3.90. The van der Waals surface area contributed by atoms with Crippen molar-refractivity contribution in [3.63, 3.8) is 0 Å². The molecule has 0 unspecified atom stereocenters. The fraction of sp³-hybridized carbons (Fsp3) is 0.292. The van der Waals surface area contributed by atoms with Crippen molar-refractivity contribution in [2.45, 2.75) is 18.9 Å². The largest absolute Gasteiger partial charge is 0.382 e. The first-order chi connectivity index (χ1) is 16.7. The van der Waals surface area contributed by atoms with Gasteiger partial charge in [-0.15, -0.1) is 0 Å². The number of likely N-dealkylation sites (tertiary alicyclic amines) is 1. The third-order valence-corrected chi connectivity index (χ3v) is 6.80. The number of hydrogen-bond donors (Lipinski definition) is 3. The lowest BCUT2D eigenvalue weighted by Crippen LogP contribution is -2.44. The van der Waals surface area contributed by atoms with Crippen LogP contribution in [0.25, 0.3) is 0 Å². The van der Waals surface area contributed by atoms with Crippen LogP contribution in [-0.2, 0) is 0 Å². The minimum absolute atomic E-state index is 0.0112. The van der Waals surface area contributed by atoms with Crippen LogP contribution < -0.4 is 21.3 Å². The van der Waals surface area contributed by atoms with E-state index in [0.29, 0.717) is 31.1 Å². The summed E-state index contributed by atoms with van der Waals surface area (Å²) < 4.78 is 28.0. The molecule has 0 spiro atoms. The lowest BCUT2D eigenvalue weighted by atomic mass is 10.1. The Morgan fingerprint density at radius 3 is 2.31 bits per heavy atom. The Bertz CT molecular complexity index is 1200. The fourth-order valence-corrected chi connectivity index (χ4v) is 4.74. The van der Waals surface area contributed by atoms with E-state index in [4.69, 9.17) is 5.73 Å². The van der Waals surface area contributed by atoms with Gasteiger partial charge in [0, 0.05) is 44.6 Å². The number of carbonyl (C=O) groups excluding carboxylic acids is 2. The highest BCUT2D eigenvalue weighted by molar-refractivity contribution is 7.18. The molecule has 3 aromatic rings. The van der Waals surface area contributed by atoms with Crippen molar-refractivity contribution in [1.29, 1.82) is 0 Å². The SMILES string of the molecule is CN(C)c1ccc(NC(=O)N2CCC(Nc3nc(N)c(C(=O)c4c(F)cccc4F)s3)CC2)cc1. The number of nitrogens with one attached hydrogen (secondary N) is 2.